The molecule has 0 unspecified atom stereocenters. The number of nitrogens with zero attached hydrogens (tertiary/aromatic N) is 1. The fourth-order valence-corrected chi connectivity index (χ4v) is 4.62. The Morgan fingerprint density at radius 2 is 2.00 bits per heavy atom. The van der Waals surface area contributed by atoms with Crippen LogP contribution in [0.2, 0.25) is 0 Å². The van der Waals surface area contributed by atoms with E-state index >= 15 is 0 Å². The standard InChI is InChI=1S/C23H23FN2O3S/c1-15-10-11-17(14-18(15)24)26(23(28)19-8-4-12-29-19)21(20-9-5-13-30-20)22(27)25-16-6-2-3-7-16/h4-5,8-14,16,21H,2-3,6-7H2,1H3,(H,25,27)/t21-/m1/s1. The van der Waals surface area contributed by atoms with E-state index in [0.29, 0.717) is 16.1 Å². The van der Waals surface area contributed by atoms with Gasteiger partial charge >= 0.3 is 0 Å². The Morgan fingerprint density at radius 1 is 1.20 bits per heavy atom. The summed E-state index contributed by atoms with van der Waals surface area (Å²) in [4.78, 5) is 28.9. The Labute approximate surface area is 178 Å². The highest BCUT2D eigenvalue weighted by Gasteiger charge is 2.36. The number of thiophene rings is 1. The first-order valence-electron chi connectivity index (χ1n) is 10.0. The molecule has 0 bridgehead atoms. The smallest absolute Gasteiger partial charge is 0.295 e. The molecular formula is C23H23FN2O3S. The lowest BCUT2D eigenvalue weighted by Crippen LogP contribution is -2.46. The molecule has 1 aliphatic rings. The van der Waals surface area contributed by atoms with E-state index in [2.05, 4.69) is 5.32 Å². The van der Waals surface area contributed by atoms with Crippen molar-refractivity contribution >= 4 is 28.8 Å². The molecule has 30 heavy (non-hydrogen) atoms. The van der Waals surface area contributed by atoms with Gasteiger partial charge in [0, 0.05) is 16.6 Å². The van der Waals surface area contributed by atoms with E-state index in [9.17, 15) is 14.0 Å². The van der Waals surface area contributed by atoms with Crippen molar-refractivity contribution in [3.8, 4) is 0 Å². The maximum absolute atomic E-state index is 14.4. The first kappa shape index (κ1) is 20.3. The molecule has 3 aromatic rings. The van der Waals surface area contributed by atoms with Gasteiger partial charge in [-0.2, -0.15) is 0 Å². The molecule has 1 saturated carbocycles. The summed E-state index contributed by atoms with van der Waals surface area (Å²) >= 11 is 1.38. The van der Waals surface area contributed by atoms with Gasteiger partial charge in [-0.25, -0.2) is 4.39 Å². The Morgan fingerprint density at radius 3 is 2.63 bits per heavy atom. The molecule has 0 radical (unpaired) electrons. The molecule has 1 aliphatic carbocycles. The SMILES string of the molecule is Cc1ccc(N(C(=O)c2ccco2)[C@@H](C(=O)NC2CCCC2)c2cccs2)cc1F. The lowest BCUT2D eigenvalue weighted by Gasteiger charge is -2.31. The van der Waals surface area contributed by atoms with Crippen molar-refractivity contribution < 1.29 is 18.4 Å². The average Bonchev–Trinajstić information content (AvgIpc) is 3.50. The van der Waals surface area contributed by atoms with Crippen LogP contribution in [0, 0.1) is 12.7 Å². The number of carbonyl (C=O) groups is 2. The molecule has 1 N–H and O–H groups in total. The van der Waals surface area contributed by atoms with Crippen molar-refractivity contribution in [1.82, 2.24) is 5.32 Å². The Hall–Kier alpha value is -2.93. The second-order valence-corrected chi connectivity index (χ2v) is 8.47. The van der Waals surface area contributed by atoms with Crippen LogP contribution in [0.25, 0.3) is 0 Å². The third kappa shape index (κ3) is 4.16. The minimum atomic E-state index is -0.926. The fraction of sp³-hybridized carbons (Fsp3) is 0.304. The van der Waals surface area contributed by atoms with Gasteiger partial charge in [0.25, 0.3) is 5.91 Å². The zero-order valence-electron chi connectivity index (χ0n) is 16.6. The highest BCUT2D eigenvalue weighted by molar-refractivity contribution is 7.10. The van der Waals surface area contributed by atoms with Crippen LogP contribution in [0.15, 0.2) is 58.5 Å². The first-order valence-corrected chi connectivity index (χ1v) is 10.9. The molecule has 1 atom stereocenters. The highest BCUT2D eigenvalue weighted by Crippen LogP contribution is 2.33. The van der Waals surface area contributed by atoms with Crippen molar-refractivity contribution in [3.05, 3.63) is 76.1 Å². The topological polar surface area (TPSA) is 62.6 Å². The van der Waals surface area contributed by atoms with E-state index in [1.165, 1.54) is 28.6 Å². The zero-order valence-corrected chi connectivity index (χ0v) is 17.5. The number of furan rings is 1. The van der Waals surface area contributed by atoms with Crippen molar-refractivity contribution in [2.24, 2.45) is 0 Å². The fourth-order valence-electron chi connectivity index (χ4n) is 3.80. The van der Waals surface area contributed by atoms with Crippen LogP contribution < -0.4 is 10.2 Å². The van der Waals surface area contributed by atoms with Crippen molar-refractivity contribution in [2.75, 3.05) is 4.90 Å². The summed E-state index contributed by atoms with van der Waals surface area (Å²) in [6.07, 6.45) is 5.40. The van der Waals surface area contributed by atoms with Crippen molar-refractivity contribution in [3.63, 3.8) is 0 Å². The van der Waals surface area contributed by atoms with Gasteiger partial charge in [-0.15, -0.1) is 11.3 Å². The van der Waals surface area contributed by atoms with Crippen LogP contribution in [-0.2, 0) is 4.79 Å². The van der Waals surface area contributed by atoms with Gasteiger partial charge < -0.3 is 9.73 Å². The number of hydrogen-bond donors (Lipinski definition) is 1. The third-order valence-corrected chi connectivity index (χ3v) is 6.33. The van der Waals surface area contributed by atoms with E-state index in [1.807, 2.05) is 17.5 Å². The van der Waals surface area contributed by atoms with E-state index in [-0.39, 0.29) is 17.7 Å². The summed E-state index contributed by atoms with van der Waals surface area (Å²) in [6, 6.07) is 10.5. The number of nitrogens with one attached hydrogen (secondary N) is 1. The normalized spacial score (nSPS) is 15.1. The number of anilines is 1. The van der Waals surface area contributed by atoms with Gasteiger partial charge in [-0.05, 0) is 61.0 Å². The zero-order chi connectivity index (χ0) is 21.1. The van der Waals surface area contributed by atoms with Crippen molar-refractivity contribution in [1.29, 1.82) is 0 Å². The molecule has 1 aromatic carbocycles. The largest absolute Gasteiger partial charge is 0.459 e. The molecule has 2 heterocycles. The van der Waals surface area contributed by atoms with Crippen LogP contribution in [0.1, 0.15) is 52.7 Å². The van der Waals surface area contributed by atoms with Gasteiger partial charge in [0.1, 0.15) is 5.82 Å². The summed E-state index contributed by atoms with van der Waals surface area (Å²) in [6.45, 7) is 1.65. The van der Waals surface area contributed by atoms with Crippen LogP contribution in [-0.4, -0.2) is 17.9 Å². The van der Waals surface area contributed by atoms with Gasteiger partial charge in [0.2, 0.25) is 5.91 Å². The Bertz CT molecular complexity index is 1010. The van der Waals surface area contributed by atoms with Crippen LogP contribution in [0.5, 0.6) is 0 Å². The van der Waals surface area contributed by atoms with Crippen molar-refractivity contribution in [2.45, 2.75) is 44.7 Å². The molecule has 2 amide bonds. The third-order valence-electron chi connectivity index (χ3n) is 5.41. The summed E-state index contributed by atoms with van der Waals surface area (Å²) in [5, 5.41) is 4.95. The average molecular weight is 427 g/mol. The molecule has 4 rings (SSSR count). The summed E-state index contributed by atoms with van der Waals surface area (Å²) < 4.78 is 19.7. The van der Waals surface area contributed by atoms with Gasteiger partial charge in [-0.3, -0.25) is 14.5 Å². The number of aryl methyl sites for hydroxylation is 1. The van der Waals surface area contributed by atoms with Crippen LogP contribution in [0.4, 0.5) is 10.1 Å². The molecule has 0 spiro atoms. The number of carbonyl (C=O) groups excluding carboxylic acids is 2. The summed E-state index contributed by atoms with van der Waals surface area (Å²) in [7, 11) is 0. The van der Waals surface area contributed by atoms with Gasteiger partial charge in [-0.1, -0.05) is 25.0 Å². The minimum absolute atomic E-state index is 0.0891. The predicted octanol–water partition coefficient (Wildman–Crippen LogP) is 5.24. The summed E-state index contributed by atoms with van der Waals surface area (Å²) in [5.41, 5.74) is 0.770. The number of hydrogen-bond acceptors (Lipinski definition) is 4. The molecule has 0 aliphatic heterocycles. The van der Waals surface area contributed by atoms with Gasteiger partial charge in [0.05, 0.1) is 6.26 Å². The lowest BCUT2D eigenvalue weighted by atomic mass is 10.1. The second-order valence-electron chi connectivity index (χ2n) is 7.49. The summed E-state index contributed by atoms with van der Waals surface area (Å²) in [5.74, 6) is -1.12. The monoisotopic (exact) mass is 426 g/mol. The highest BCUT2D eigenvalue weighted by atomic mass is 32.1. The number of halogens is 1. The second kappa shape index (κ2) is 8.83. The minimum Gasteiger partial charge on any atom is -0.459 e. The van der Waals surface area contributed by atoms with E-state index < -0.39 is 17.8 Å². The first-order chi connectivity index (χ1) is 14.5. The maximum Gasteiger partial charge on any atom is 0.295 e. The molecule has 0 saturated heterocycles. The molecule has 5 nitrogen and oxygen atoms in total. The molecule has 7 heteroatoms. The lowest BCUT2D eigenvalue weighted by molar-refractivity contribution is -0.123. The molecular weight excluding hydrogens is 403 g/mol. The number of rotatable bonds is 6. The van der Waals surface area contributed by atoms with Crippen LogP contribution >= 0.6 is 11.3 Å². The molecule has 156 valence electrons. The van der Waals surface area contributed by atoms with Crippen LogP contribution in [0.3, 0.4) is 0 Å². The quantitative estimate of drug-likeness (QED) is 0.587. The Kier molecular flexibility index (Phi) is 5.99. The van der Waals surface area contributed by atoms with E-state index in [4.69, 9.17) is 4.42 Å². The number of amides is 2. The van der Waals surface area contributed by atoms with E-state index in [1.54, 1.807) is 31.2 Å². The predicted molar refractivity (Wildman–Crippen MR) is 114 cm³/mol. The Balaban J connectivity index is 1.78. The maximum atomic E-state index is 14.4. The molecule has 2 aromatic heterocycles. The van der Waals surface area contributed by atoms with E-state index in [0.717, 1.165) is 25.7 Å². The molecule has 1 fully saturated rings. The van der Waals surface area contributed by atoms with Gasteiger partial charge in [0.15, 0.2) is 11.8 Å². The number of benzene rings is 1.